The van der Waals surface area contributed by atoms with E-state index in [9.17, 15) is 0 Å². The lowest BCUT2D eigenvalue weighted by Crippen LogP contribution is -2.11. The predicted molar refractivity (Wildman–Crippen MR) is 70.9 cm³/mol. The Balaban J connectivity index is 1.84. The van der Waals surface area contributed by atoms with Crippen molar-refractivity contribution in [1.29, 1.82) is 0 Å². The molecule has 0 aliphatic carbocycles. The predicted octanol–water partition coefficient (Wildman–Crippen LogP) is 2.10. The van der Waals surface area contributed by atoms with Crippen LogP contribution in [0.1, 0.15) is 12.5 Å². The van der Waals surface area contributed by atoms with E-state index in [1.165, 1.54) is 5.56 Å². The van der Waals surface area contributed by atoms with Gasteiger partial charge in [-0.15, -0.1) is 0 Å². The standard InChI is InChI=1S/C13H18N4O/c1-3-18-13-6-4-5-12(16-13)14-7-8-17-10-11(2)9-15-17/h4-6,9-10H,3,7-8H2,1-2H3,(H,14,16). The monoisotopic (exact) mass is 246 g/mol. The SMILES string of the molecule is CCOc1cccc(NCCn2cc(C)cn2)n1. The maximum Gasteiger partial charge on any atom is 0.215 e. The fourth-order valence-electron chi connectivity index (χ4n) is 1.63. The summed E-state index contributed by atoms with van der Waals surface area (Å²) in [7, 11) is 0. The van der Waals surface area contributed by atoms with Gasteiger partial charge in [0.2, 0.25) is 5.88 Å². The molecule has 0 amide bonds. The summed E-state index contributed by atoms with van der Waals surface area (Å²) in [6.07, 6.45) is 3.87. The van der Waals surface area contributed by atoms with E-state index in [0.29, 0.717) is 12.5 Å². The molecule has 0 aromatic carbocycles. The maximum absolute atomic E-state index is 5.35. The Hall–Kier alpha value is -2.04. The van der Waals surface area contributed by atoms with Crippen LogP contribution in [0.4, 0.5) is 5.82 Å². The van der Waals surface area contributed by atoms with E-state index in [2.05, 4.69) is 15.4 Å². The molecule has 18 heavy (non-hydrogen) atoms. The fraction of sp³-hybridized carbons (Fsp3) is 0.385. The molecule has 0 atom stereocenters. The van der Waals surface area contributed by atoms with E-state index < -0.39 is 0 Å². The van der Waals surface area contributed by atoms with Gasteiger partial charge in [-0.1, -0.05) is 6.07 Å². The summed E-state index contributed by atoms with van der Waals surface area (Å²) in [5.41, 5.74) is 1.17. The van der Waals surface area contributed by atoms with Crippen LogP contribution in [0, 0.1) is 6.92 Å². The van der Waals surface area contributed by atoms with Crippen LogP contribution in [0.2, 0.25) is 0 Å². The minimum atomic E-state index is 0.628. The molecule has 0 saturated carbocycles. The molecule has 0 aliphatic heterocycles. The van der Waals surface area contributed by atoms with Gasteiger partial charge in [0.1, 0.15) is 5.82 Å². The molecule has 2 heterocycles. The van der Waals surface area contributed by atoms with E-state index in [1.807, 2.05) is 49.1 Å². The second-order valence-electron chi connectivity index (χ2n) is 4.00. The summed E-state index contributed by atoms with van der Waals surface area (Å²) in [4.78, 5) is 4.34. The third-order valence-corrected chi connectivity index (χ3v) is 2.43. The lowest BCUT2D eigenvalue weighted by molar-refractivity contribution is 0.327. The average molecular weight is 246 g/mol. The number of nitrogens with one attached hydrogen (secondary N) is 1. The van der Waals surface area contributed by atoms with Crippen LogP contribution >= 0.6 is 0 Å². The molecule has 1 N–H and O–H groups in total. The van der Waals surface area contributed by atoms with Crippen molar-refractivity contribution >= 4 is 5.82 Å². The summed E-state index contributed by atoms with van der Waals surface area (Å²) in [5.74, 6) is 1.47. The van der Waals surface area contributed by atoms with Crippen molar-refractivity contribution in [3.63, 3.8) is 0 Å². The smallest absolute Gasteiger partial charge is 0.215 e. The quantitative estimate of drug-likeness (QED) is 0.848. The van der Waals surface area contributed by atoms with Crippen molar-refractivity contribution in [3.05, 3.63) is 36.2 Å². The molecule has 2 rings (SSSR count). The van der Waals surface area contributed by atoms with Gasteiger partial charge in [0.05, 0.1) is 19.3 Å². The Labute approximate surface area is 107 Å². The van der Waals surface area contributed by atoms with Crippen molar-refractivity contribution in [1.82, 2.24) is 14.8 Å². The molecule has 2 aromatic rings. The number of aromatic nitrogens is 3. The van der Waals surface area contributed by atoms with Gasteiger partial charge in [-0.05, 0) is 25.5 Å². The largest absolute Gasteiger partial charge is 0.478 e. The van der Waals surface area contributed by atoms with E-state index in [1.54, 1.807) is 0 Å². The second kappa shape index (κ2) is 6.05. The van der Waals surface area contributed by atoms with Crippen LogP contribution in [-0.4, -0.2) is 27.9 Å². The molecule has 5 nitrogen and oxygen atoms in total. The number of pyridine rings is 1. The molecule has 0 bridgehead atoms. The van der Waals surface area contributed by atoms with Crippen LogP contribution in [-0.2, 0) is 6.54 Å². The lowest BCUT2D eigenvalue weighted by Gasteiger charge is -2.07. The molecule has 96 valence electrons. The van der Waals surface area contributed by atoms with E-state index in [-0.39, 0.29) is 0 Å². The molecule has 0 unspecified atom stereocenters. The van der Waals surface area contributed by atoms with Gasteiger partial charge in [0, 0.05) is 18.8 Å². The molecular weight excluding hydrogens is 228 g/mol. The summed E-state index contributed by atoms with van der Waals surface area (Å²) in [5, 5.41) is 7.47. The highest BCUT2D eigenvalue weighted by Crippen LogP contribution is 2.10. The van der Waals surface area contributed by atoms with Gasteiger partial charge < -0.3 is 10.1 Å². The zero-order valence-corrected chi connectivity index (χ0v) is 10.8. The van der Waals surface area contributed by atoms with Crippen molar-refractivity contribution in [2.45, 2.75) is 20.4 Å². The van der Waals surface area contributed by atoms with Gasteiger partial charge in [-0.3, -0.25) is 4.68 Å². The van der Waals surface area contributed by atoms with E-state index >= 15 is 0 Å². The first-order chi connectivity index (χ1) is 8.78. The highest BCUT2D eigenvalue weighted by molar-refractivity contribution is 5.36. The minimum Gasteiger partial charge on any atom is -0.478 e. The van der Waals surface area contributed by atoms with Crippen molar-refractivity contribution in [2.75, 3.05) is 18.5 Å². The fourth-order valence-corrected chi connectivity index (χ4v) is 1.63. The summed E-state index contributed by atoms with van der Waals surface area (Å²) < 4.78 is 7.26. The molecule has 0 radical (unpaired) electrons. The molecule has 0 aliphatic rings. The Bertz CT molecular complexity index is 495. The normalized spacial score (nSPS) is 10.3. The van der Waals surface area contributed by atoms with Gasteiger partial charge in [-0.2, -0.15) is 10.1 Å². The van der Waals surface area contributed by atoms with Crippen LogP contribution in [0.25, 0.3) is 0 Å². The molecule has 2 aromatic heterocycles. The van der Waals surface area contributed by atoms with Crippen molar-refractivity contribution in [2.24, 2.45) is 0 Å². The lowest BCUT2D eigenvalue weighted by atomic mass is 10.4. The van der Waals surface area contributed by atoms with E-state index in [4.69, 9.17) is 4.74 Å². The number of rotatable bonds is 6. The van der Waals surface area contributed by atoms with Crippen LogP contribution in [0.5, 0.6) is 5.88 Å². The number of nitrogens with zero attached hydrogens (tertiary/aromatic N) is 3. The average Bonchev–Trinajstić information content (AvgIpc) is 2.76. The Morgan fingerprint density at radius 2 is 2.28 bits per heavy atom. The third kappa shape index (κ3) is 3.48. The molecule has 0 saturated heterocycles. The summed E-state index contributed by atoms with van der Waals surface area (Å²) >= 11 is 0. The molecule has 0 fully saturated rings. The van der Waals surface area contributed by atoms with Crippen molar-refractivity contribution < 1.29 is 4.74 Å². The molecule has 5 heteroatoms. The van der Waals surface area contributed by atoms with E-state index in [0.717, 1.165) is 18.9 Å². The molecule has 0 spiro atoms. The van der Waals surface area contributed by atoms with Crippen molar-refractivity contribution in [3.8, 4) is 5.88 Å². The first-order valence-electron chi connectivity index (χ1n) is 6.10. The number of hydrogen-bond donors (Lipinski definition) is 1. The van der Waals surface area contributed by atoms with Crippen LogP contribution in [0.15, 0.2) is 30.6 Å². The summed E-state index contributed by atoms with van der Waals surface area (Å²) in [6, 6.07) is 5.71. The topological polar surface area (TPSA) is 52.0 Å². The first kappa shape index (κ1) is 12.4. The second-order valence-corrected chi connectivity index (χ2v) is 4.00. The van der Waals surface area contributed by atoms with Gasteiger partial charge in [-0.25, -0.2) is 0 Å². The Morgan fingerprint density at radius 3 is 3.00 bits per heavy atom. The minimum absolute atomic E-state index is 0.628. The number of aryl methyl sites for hydroxylation is 1. The zero-order valence-electron chi connectivity index (χ0n) is 10.8. The highest BCUT2D eigenvalue weighted by atomic mass is 16.5. The van der Waals surface area contributed by atoms with Crippen LogP contribution < -0.4 is 10.1 Å². The Kier molecular flexibility index (Phi) is 4.17. The number of ether oxygens (including phenoxy) is 1. The maximum atomic E-state index is 5.35. The van der Waals surface area contributed by atoms with Gasteiger partial charge in [0.25, 0.3) is 0 Å². The first-order valence-corrected chi connectivity index (χ1v) is 6.10. The molecular formula is C13H18N4O. The van der Waals surface area contributed by atoms with Crippen LogP contribution in [0.3, 0.4) is 0 Å². The number of hydrogen-bond acceptors (Lipinski definition) is 4. The summed E-state index contributed by atoms with van der Waals surface area (Å²) in [6.45, 7) is 6.20. The van der Waals surface area contributed by atoms with Gasteiger partial charge in [0.15, 0.2) is 0 Å². The highest BCUT2D eigenvalue weighted by Gasteiger charge is 1.98. The zero-order chi connectivity index (χ0) is 12.8. The third-order valence-electron chi connectivity index (χ3n) is 2.43. The Morgan fingerprint density at radius 1 is 1.39 bits per heavy atom. The number of anilines is 1. The van der Waals surface area contributed by atoms with Gasteiger partial charge >= 0.3 is 0 Å².